The molecule has 0 aliphatic carbocycles. The third kappa shape index (κ3) is 3.55. The van der Waals surface area contributed by atoms with Crippen molar-refractivity contribution in [2.45, 2.75) is 56.8 Å². The number of nitrogens with zero attached hydrogens (tertiary/aromatic N) is 4. The molecule has 2 fully saturated rings. The highest BCUT2D eigenvalue weighted by Crippen LogP contribution is 2.40. The third-order valence-corrected chi connectivity index (χ3v) is 5.68. The fourth-order valence-corrected chi connectivity index (χ4v) is 3.93. The van der Waals surface area contributed by atoms with Crippen molar-refractivity contribution >= 4 is 17.7 Å². The summed E-state index contributed by atoms with van der Waals surface area (Å²) in [5.41, 5.74) is 4.63. The summed E-state index contributed by atoms with van der Waals surface area (Å²) in [6.07, 6.45) is 2.72. The van der Waals surface area contributed by atoms with Crippen molar-refractivity contribution < 1.29 is 14.6 Å². The first-order chi connectivity index (χ1) is 12.8. The van der Waals surface area contributed by atoms with E-state index in [4.69, 9.17) is 15.7 Å². The van der Waals surface area contributed by atoms with E-state index in [0.717, 1.165) is 0 Å². The number of hydrogen-bond acceptors (Lipinski definition) is 8. The van der Waals surface area contributed by atoms with Gasteiger partial charge in [-0.2, -0.15) is 10.2 Å². The third-order valence-electron chi connectivity index (χ3n) is 5.68. The lowest BCUT2D eigenvalue weighted by atomic mass is 9.73. The molecule has 2 atom stereocenters. The SMILES string of the molecule is CCC(=O)N[C@]1(C)CCOC2(CCN(c3ncc(C#N)c(N)n3)CC2)[C@H]1O. The maximum absolute atomic E-state index is 11.9. The summed E-state index contributed by atoms with van der Waals surface area (Å²) < 4.78 is 6.04. The number of ether oxygens (including phenoxy) is 1. The lowest BCUT2D eigenvalue weighted by molar-refractivity contribution is -0.198. The first-order valence-electron chi connectivity index (χ1n) is 9.24. The molecule has 4 N–H and O–H groups in total. The van der Waals surface area contributed by atoms with Crippen LogP contribution < -0.4 is 16.0 Å². The lowest BCUT2D eigenvalue weighted by Gasteiger charge is -2.53. The number of nitrogen functional groups attached to an aromatic ring is 1. The van der Waals surface area contributed by atoms with Crippen molar-refractivity contribution in [2.75, 3.05) is 30.3 Å². The number of rotatable bonds is 3. The molecule has 0 unspecified atom stereocenters. The van der Waals surface area contributed by atoms with Crippen LogP contribution in [0.25, 0.3) is 0 Å². The second kappa shape index (κ2) is 7.29. The molecule has 2 aliphatic heterocycles. The first-order valence-corrected chi connectivity index (χ1v) is 9.24. The molecular weight excluding hydrogens is 348 g/mol. The number of piperidine rings is 1. The second-order valence-corrected chi connectivity index (χ2v) is 7.45. The largest absolute Gasteiger partial charge is 0.388 e. The van der Waals surface area contributed by atoms with Gasteiger partial charge in [-0.1, -0.05) is 6.92 Å². The molecule has 1 aromatic heterocycles. The highest BCUT2D eigenvalue weighted by atomic mass is 16.5. The van der Waals surface area contributed by atoms with Gasteiger partial charge in [0.05, 0.1) is 17.3 Å². The summed E-state index contributed by atoms with van der Waals surface area (Å²) in [6.45, 7) is 5.33. The van der Waals surface area contributed by atoms with Crippen LogP contribution in [0.4, 0.5) is 11.8 Å². The van der Waals surface area contributed by atoms with Gasteiger partial charge in [-0.05, 0) is 26.2 Å². The molecule has 3 rings (SSSR count). The summed E-state index contributed by atoms with van der Waals surface area (Å²) in [5, 5.41) is 23.0. The van der Waals surface area contributed by atoms with Crippen molar-refractivity contribution in [2.24, 2.45) is 0 Å². The van der Waals surface area contributed by atoms with Gasteiger partial charge in [0, 0.05) is 26.1 Å². The van der Waals surface area contributed by atoms with Gasteiger partial charge in [-0.25, -0.2) is 4.98 Å². The Morgan fingerprint density at radius 2 is 2.22 bits per heavy atom. The number of carbonyl (C=O) groups is 1. The van der Waals surface area contributed by atoms with Crippen molar-refractivity contribution in [3.8, 4) is 6.07 Å². The van der Waals surface area contributed by atoms with E-state index in [2.05, 4.69) is 15.3 Å². The molecule has 0 aromatic carbocycles. The van der Waals surface area contributed by atoms with Crippen LogP contribution in [0, 0.1) is 11.3 Å². The van der Waals surface area contributed by atoms with E-state index in [1.54, 1.807) is 6.92 Å². The Hall–Kier alpha value is -2.44. The summed E-state index contributed by atoms with van der Waals surface area (Å²) in [5.74, 6) is 0.549. The van der Waals surface area contributed by atoms with E-state index in [0.29, 0.717) is 51.3 Å². The Morgan fingerprint density at radius 1 is 1.52 bits per heavy atom. The molecule has 0 saturated carbocycles. The Morgan fingerprint density at radius 3 is 2.81 bits per heavy atom. The number of amides is 1. The number of aromatic nitrogens is 2. The molecule has 146 valence electrons. The summed E-state index contributed by atoms with van der Waals surface area (Å²) in [6, 6.07) is 1.95. The molecule has 2 saturated heterocycles. The zero-order valence-electron chi connectivity index (χ0n) is 15.7. The Balaban J connectivity index is 1.72. The summed E-state index contributed by atoms with van der Waals surface area (Å²) in [4.78, 5) is 22.3. The maximum atomic E-state index is 11.9. The van der Waals surface area contributed by atoms with Gasteiger partial charge < -0.3 is 25.8 Å². The smallest absolute Gasteiger partial charge is 0.227 e. The highest BCUT2D eigenvalue weighted by Gasteiger charge is 2.53. The predicted octanol–water partition coefficient (Wildman–Crippen LogP) is 0.336. The number of aliphatic hydroxyl groups excluding tert-OH is 1. The quantitative estimate of drug-likeness (QED) is 0.688. The molecule has 1 amide bonds. The number of anilines is 2. The molecule has 1 aromatic rings. The van der Waals surface area contributed by atoms with E-state index in [9.17, 15) is 9.90 Å². The van der Waals surface area contributed by atoms with Gasteiger partial charge in [0.25, 0.3) is 0 Å². The number of nitrogens with one attached hydrogen (secondary N) is 1. The van der Waals surface area contributed by atoms with E-state index in [1.807, 2.05) is 17.9 Å². The first kappa shape index (κ1) is 19.3. The van der Waals surface area contributed by atoms with Gasteiger partial charge >= 0.3 is 0 Å². The molecular formula is C18H26N6O3. The number of nitriles is 1. The zero-order chi connectivity index (χ0) is 19.7. The molecule has 9 nitrogen and oxygen atoms in total. The van der Waals surface area contributed by atoms with Crippen LogP contribution in [0.2, 0.25) is 0 Å². The Kier molecular flexibility index (Phi) is 5.22. The van der Waals surface area contributed by atoms with Crippen LogP contribution in [0.3, 0.4) is 0 Å². The maximum Gasteiger partial charge on any atom is 0.227 e. The minimum atomic E-state index is -0.802. The summed E-state index contributed by atoms with van der Waals surface area (Å²) >= 11 is 0. The van der Waals surface area contributed by atoms with E-state index in [-0.39, 0.29) is 17.3 Å². The van der Waals surface area contributed by atoms with Crippen LogP contribution in [0.15, 0.2) is 6.20 Å². The van der Waals surface area contributed by atoms with Gasteiger partial charge in [-0.3, -0.25) is 4.79 Å². The topological polar surface area (TPSA) is 137 Å². The van der Waals surface area contributed by atoms with Crippen LogP contribution in [-0.2, 0) is 9.53 Å². The molecule has 2 aliphatic rings. The predicted molar refractivity (Wildman–Crippen MR) is 98.8 cm³/mol. The molecule has 0 radical (unpaired) electrons. The minimum absolute atomic E-state index is 0.0764. The molecule has 1 spiro atoms. The number of carbonyl (C=O) groups excluding carboxylic acids is 1. The van der Waals surface area contributed by atoms with Crippen LogP contribution in [0.5, 0.6) is 0 Å². The fraction of sp³-hybridized carbons (Fsp3) is 0.667. The molecule has 9 heteroatoms. The lowest BCUT2D eigenvalue weighted by Crippen LogP contribution is -2.69. The van der Waals surface area contributed by atoms with Crippen LogP contribution >= 0.6 is 0 Å². The Bertz CT molecular complexity index is 756. The van der Waals surface area contributed by atoms with Crippen molar-refractivity contribution in [3.05, 3.63) is 11.8 Å². The van der Waals surface area contributed by atoms with Crippen molar-refractivity contribution in [3.63, 3.8) is 0 Å². The molecule has 0 bridgehead atoms. The fourth-order valence-electron chi connectivity index (χ4n) is 3.93. The second-order valence-electron chi connectivity index (χ2n) is 7.45. The van der Waals surface area contributed by atoms with E-state index >= 15 is 0 Å². The number of aliphatic hydroxyl groups is 1. The van der Waals surface area contributed by atoms with Gasteiger partial charge in [0.1, 0.15) is 23.6 Å². The molecule has 27 heavy (non-hydrogen) atoms. The average molecular weight is 374 g/mol. The minimum Gasteiger partial charge on any atom is -0.388 e. The van der Waals surface area contributed by atoms with Gasteiger partial charge in [0.15, 0.2) is 0 Å². The van der Waals surface area contributed by atoms with Gasteiger partial charge in [0.2, 0.25) is 11.9 Å². The van der Waals surface area contributed by atoms with Gasteiger partial charge in [-0.15, -0.1) is 0 Å². The monoisotopic (exact) mass is 374 g/mol. The standard InChI is InChI=1S/C18H26N6O3/c1-3-13(25)23-17(2)6-9-27-18(15(17)26)4-7-24(8-5-18)16-21-11-12(10-19)14(20)22-16/h11,15,26H,3-9H2,1-2H3,(H,23,25)(H2,20,21,22)/t15-,17+/m0/s1. The van der Waals surface area contributed by atoms with Crippen molar-refractivity contribution in [1.29, 1.82) is 5.26 Å². The normalized spacial score (nSPS) is 27.2. The van der Waals surface area contributed by atoms with E-state index < -0.39 is 17.2 Å². The average Bonchev–Trinajstić information content (AvgIpc) is 2.66. The highest BCUT2D eigenvalue weighted by molar-refractivity contribution is 5.76. The van der Waals surface area contributed by atoms with E-state index in [1.165, 1.54) is 6.20 Å². The van der Waals surface area contributed by atoms with Crippen LogP contribution in [0.1, 0.15) is 45.1 Å². The zero-order valence-corrected chi connectivity index (χ0v) is 15.7. The number of hydrogen-bond donors (Lipinski definition) is 3. The summed E-state index contributed by atoms with van der Waals surface area (Å²) in [7, 11) is 0. The molecule has 3 heterocycles. The van der Waals surface area contributed by atoms with Crippen LogP contribution in [-0.4, -0.2) is 57.9 Å². The van der Waals surface area contributed by atoms with Crippen molar-refractivity contribution in [1.82, 2.24) is 15.3 Å². The Labute approximate surface area is 158 Å². The number of nitrogens with two attached hydrogens (primary N) is 1.